The number of rotatable bonds is 3. The summed E-state index contributed by atoms with van der Waals surface area (Å²) in [6.45, 7) is 7.45. The van der Waals surface area contributed by atoms with Gasteiger partial charge in [0.05, 0.1) is 6.04 Å². The molecule has 8 heteroatoms. The van der Waals surface area contributed by atoms with Crippen LogP contribution in [0, 0.1) is 18.2 Å². The predicted molar refractivity (Wildman–Crippen MR) is 115 cm³/mol. The SMILES string of the molecule is Cc1cccc2c1S(=O)(=O)N=C2C1=C(O)[C@H](C(C)(C)C)N(Cc2ccc(F)cc2)C1=O. The van der Waals surface area contributed by atoms with Crippen LogP contribution in [0.5, 0.6) is 0 Å². The predicted octanol–water partition coefficient (Wildman–Crippen LogP) is 3.89. The van der Waals surface area contributed by atoms with Gasteiger partial charge in [0.2, 0.25) is 0 Å². The first-order valence-electron chi connectivity index (χ1n) is 9.85. The van der Waals surface area contributed by atoms with Gasteiger partial charge in [-0.3, -0.25) is 4.79 Å². The van der Waals surface area contributed by atoms with E-state index in [9.17, 15) is 22.7 Å². The van der Waals surface area contributed by atoms with E-state index in [1.807, 2.05) is 20.8 Å². The van der Waals surface area contributed by atoms with Crippen LogP contribution < -0.4 is 0 Å². The summed E-state index contributed by atoms with van der Waals surface area (Å²) in [4.78, 5) is 15.0. The van der Waals surface area contributed by atoms with E-state index < -0.39 is 27.4 Å². The van der Waals surface area contributed by atoms with Crippen molar-refractivity contribution >= 4 is 21.6 Å². The topological polar surface area (TPSA) is 87.0 Å². The van der Waals surface area contributed by atoms with Crippen LogP contribution in [0.3, 0.4) is 0 Å². The molecule has 1 N–H and O–H groups in total. The second-order valence-electron chi connectivity index (χ2n) is 8.95. The van der Waals surface area contributed by atoms with Crippen molar-refractivity contribution in [2.45, 2.75) is 45.2 Å². The molecule has 0 unspecified atom stereocenters. The highest BCUT2D eigenvalue weighted by Gasteiger charge is 2.49. The Morgan fingerprint density at radius 3 is 2.39 bits per heavy atom. The second-order valence-corrected chi connectivity index (χ2v) is 10.5. The fourth-order valence-corrected chi connectivity index (χ4v) is 5.72. The first-order chi connectivity index (χ1) is 14.4. The van der Waals surface area contributed by atoms with E-state index in [2.05, 4.69) is 4.40 Å². The molecule has 0 aliphatic carbocycles. The molecule has 0 saturated carbocycles. The summed E-state index contributed by atoms with van der Waals surface area (Å²) in [5.41, 5.74) is 0.848. The van der Waals surface area contributed by atoms with Crippen LogP contribution in [0.2, 0.25) is 0 Å². The summed E-state index contributed by atoms with van der Waals surface area (Å²) in [5.74, 6) is -1.10. The van der Waals surface area contributed by atoms with E-state index in [0.29, 0.717) is 16.7 Å². The van der Waals surface area contributed by atoms with Gasteiger partial charge in [-0.25, -0.2) is 4.39 Å². The maximum absolute atomic E-state index is 13.5. The Hall–Kier alpha value is -3.00. The number of carbonyl (C=O) groups is 1. The van der Waals surface area contributed by atoms with Gasteiger partial charge in [-0.05, 0) is 35.6 Å². The number of halogens is 1. The molecule has 1 atom stereocenters. The van der Waals surface area contributed by atoms with Crippen molar-refractivity contribution in [2.24, 2.45) is 9.81 Å². The van der Waals surface area contributed by atoms with E-state index >= 15 is 0 Å². The number of hydrogen-bond acceptors (Lipinski definition) is 4. The highest BCUT2D eigenvalue weighted by Crippen LogP contribution is 2.41. The fourth-order valence-electron chi connectivity index (χ4n) is 4.28. The number of aryl methyl sites for hydroxylation is 1. The zero-order valence-electron chi connectivity index (χ0n) is 17.7. The molecule has 0 aromatic heterocycles. The van der Waals surface area contributed by atoms with Gasteiger partial charge in [-0.1, -0.05) is 51.1 Å². The van der Waals surface area contributed by atoms with Crippen LogP contribution >= 0.6 is 0 Å². The van der Waals surface area contributed by atoms with E-state index in [1.165, 1.54) is 17.0 Å². The highest BCUT2D eigenvalue weighted by molar-refractivity contribution is 7.90. The molecule has 2 aliphatic heterocycles. The minimum Gasteiger partial charge on any atom is -0.509 e. The smallest absolute Gasteiger partial charge is 0.283 e. The van der Waals surface area contributed by atoms with Crippen LogP contribution in [0.4, 0.5) is 4.39 Å². The largest absolute Gasteiger partial charge is 0.509 e. The average Bonchev–Trinajstić information content (AvgIpc) is 3.07. The lowest BCUT2D eigenvalue weighted by Gasteiger charge is -2.35. The van der Waals surface area contributed by atoms with Crippen LogP contribution in [-0.4, -0.2) is 36.1 Å². The third-order valence-corrected chi connectivity index (χ3v) is 7.04. The normalized spacial score (nSPS) is 20.3. The quantitative estimate of drug-likeness (QED) is 0.781. The van der Waals surface area contributed by atoms with Crippen molar-refractivity contribution in [3.8, 4) is 0 Å². The zero-order valence-corrected chi connectivity index (χ0v) is 18.5. The molecule has 6 nitrogen and oxygen atoms in total. The summed E-state index contributed by atoms with van der Waals surface area (Å²) < 4.78 is 42.6. The Labute approximate surface area is 180 Å². The molecule has 0 bridgehead atoms. The zero-order chi connectivity index (χ0) is 22.7. The number of aliphatic hydroxyl groups excluding tert-OH is 1. The molecule has 1 amide bonds. The van der Waals surface area contributed by atoms with E-state index in [1.54, 1.807) is 37.3 Å². The van der Waals surface area contributed by atoms with Gasteiger partial charge in [-0.2, -0.15) is 12.8 Å². The van der Waals surface area contributed by atoms with Crippen molar-refractivity contribution < 1.29 is 22.7 Å². The molecule has 4 rings (SSSR count). The Kier molecular flexibility index (Phi) is 4.81. The summed E-state index contributed by atoms with van der Waals surface area (Å²) in [6.07, 6.45) is 0. The number of amides is 1. The molecule has 2 heterocycles. The van der Waals surface area contributed by atoms with Crippen LogP contribution in [0.1, 0.15) is 37.5 Å². The number of fused-ring (bicyclic) bond motifs is 1. The van der Waals surface area contributed by atoms with Crippen LogP contribution in [-0.2, 0) is 21.4 Å². The van der Waals surface area contributed by atoms with Crippen molar-refractivity contribution in [3.63, 3.8) is 0 Å². The first kappa shape index (κ1) is 21.2. The average molecular weight is 443 g/mol. The number of nitrogens with zero attached hydrogens (tertiary/aromatic N) is 2. The molecule has 31 heavy (non-hydrogen) atoms. The minimum absolute atomic E-state index is 0.0305. The Morgan fingerprint density at radius 1 is 1.13 bits per heavy atom. The highest BCUT2D eigenvalue weighted by atomic mass is 32.2. The fraction of sp³-hybridized carbons (Fsp3) is 0.304. The van der Waals surface area contributed by atoms with Gasteiger partial charge < -0.3 is 10.0 Å². The van der Waals surface area contributed by atoms with Crippen molar-refractivity contribution in [2.75, 3.05) is 0 Å². The van der Waals surface area contributed by atoms with Gasteiger partial charge in [-0.15, -0.1) is 0 Å². The van der Waals surface area contributed by atoms with Crippen LogP contribution in [0.15, 0.2) is 63.1 Å². The maximum Gasteiger partial charge on any atom is 0.283 e. The lowest BCUT2D eigenvalue weighted by Crippen LogP contribution is -2.43. The third-order valence-electron chi connectivity index (χ3n) is 5.56. The summed E-state index contributed by atoms with van der Waals surface area (Å²) >= 11 is 0. The number of carbonyl (C=O) groups excluding carboxylic acids is 1. The van der Waals surface area contributed by atoms with E-state index in [-0.39, 0.29) is 34.3 Å². The summed E-state index contributed by atoms with van der Waals surface area (Å²) in [7, 11) is -3.97. The van der Waals surface area contributed by atoms with Gasteiger partial charge in [0.1, 0.15) is 27.8 Å². The van der Waals surface area contributed by atoms with E-state index in [0.717, 1.165) is 0 Å². The minimum atomic E-state index is -3.97. The third kappa shape index (κ3) is 3.44. The van der Waals surface area contributed by atoms with Gasteiger partial charge in [0.15, 0.2) is 0 Å². The number of sulfonamides is 1. The Balaban J connectivity index is 1.84. The molecule has 2 aromatic carbocycles. The monoisotopic (exact) mass is 442 g/mol. The number of aliphatic hydroxyl groups is 1. The first-order valence-corrected chi connectivity index (χ1v) is 11.3. The summed E-state index contributed by atoms with van der Waals surface area (Å²) in [5, 5.41) is 11.2. The molecular weight excluding hydrogens is 419 g/mol. The molecule has 2 aliphatic rings. The van der Waals surface area contributed by atoms with Crippen molar-refractivity contribution in [1.82, 2.24) is 4.90 Å². The van der Waals surface area contributed by atoms with Crippen molar-refractivity contribution in [3.05, 3.63) is 76.3 Å². The van der Waals surface area contributed by atoms with E-state index in [4.69, 9.17) is 0 Å². The molecule has 162 valence electrons. The van der Waals surface area contributed by atoms with Gasteiger partial charge in [0, 0.05) is 12.1 Å². The Morgan fingerprint density at radius 2 is 1.77 bits per heavy atom. The van der Waals surface area contributed by atoms with Crippen LogP contribution in [0.25, 0.3) is 0 Å². The Bertz CT molecular complexity index is 1260. The number of hydrogen-bond donors (Lipinski definition) is 1. The molecule has 0 fully saturated rings. The summed E-state index contributed by atoms with van der Waals surface area (Å²) in [6, 6.07) is 10.0. The molecule has 0 spiro atoms. The lowest BCUT2D eigenvalue weighted by molar-refractivity contribution is -0.129. The maximum atomic E-state index is 13.5. The standard InChI is InChI=1S/C23H23FN2O4S/c1-13-6-5-7-16-18(25-31(29,30)20(13)16)17-19(27)21(23(2,3)4)26(22(17)28)12-14-8-10-15(24)11-9-14/h5-11,21,27H,12H2,1-4H3/t21-/m1/s1. The van der Waals surface area contributed by atoms with Gasteiger partial charge in [0.25, 0.3) is 15.9 Å². The number of benzene rings is 2. The van der Waals surface area contributed by atoms with Gasteiger partial charge >= 0.3 is 0 Å². The molecule has 0 radical (unpaired) electrons. The lowest BCUT2D eigenvalue weighted by atomic mass is 9.84. The molecule has 0 saturated heterocycles. The molecular formula is C23H23FN2O4S. The second kappa shape index (κ2) is 7.02. The van der Waals surface area contributed by atoms with Crippen molar-refractivity contribution in [1.29, 1.82) is 0 Å². The molecule has 2 aromatic rings.